The zero-order valence-corrected chi connectivity index (χ0v) is 20.2. The molecule has 8 heteroatoms. The van der Waals surface area contributed by atoms with Crippen LogP contribution in [-0.4, -0.2) is 71.0 Å². The number of amides is 1. The van der Waals surface area contributed by atoms with Crippen molar-refractivity contribution in [3.05, 3.63) is 41.2 Å². The molecular formula is C25H36N4O4. The first kappa shape index (κ1) is 23.6. The molecule has 3 heterocycles. The smallest absolute Gasteiger partial charge is 0.253 e. The van der Waals surface area contributed by atoms with Crippen molar-refractivity contribution in [1.82, 2.24) is 19.6 Å². The third-order valence-electron chi connectivity index (χ3n) is 6.02. The van der Waals surface area contributed by atoms with Gasteiger partial charge in [0.05, 0.1) is 25.5 Å². The zero-order chi connectivity index (χ0) is 23.4. The van der Waals surface area contributed by atoms with E-state index in [1.165, 1.54) is 5.56 Å². The van der Waals surface area contributed by atoms with Gasteiger partial charge >= 0.3 is 0 Å². The van der Waals surface area contributed by atoms with Crippen molar-refractivity contribution in [3.8, 4) is 11.5 Å². The second kappa shape index (κ2) is 10.6. The van der Waals surface area contributed by atoms with Crippen LogP contribution >= 0.6 is 0 Å². The average Bonchev–Trinajstić information content (AvgIpc) is 2.96. The highest BCUT2D eigenvalue weighted by molar-refractivity contribution is 5.81. The van der Waals surface area contributed by atoms with Crippen LogP contribution < -0.4 is 9.47 Å². The van der Waals surface area contributed by atoms with Crippen LogP contribution in [0.25, 0.3) is 0 Å². The fourth-order valence-corrected chi connectivity index (χ4v) is 4.44. The monoisotopic (exact) mass is 456 g/mol. The van der Waals surface area contributed by atoms with Crippen LogP contribution in [0.1, 0.15) is 37.1 Å². The highest BCUT2D eigenvalue weighted by atomic mass is 16.5. The standard InChI is InChI=1S/C25H36N4O4/c1-18(2)13-29(14-20-6-7-22-23(12-20)32-10-5-9-31-22)25(30)24-17-28(8-11-33-24)16-21-15-27(4)26-19(21)3/h6-7,12,15,18,24H,5,8-11,13-14,16-17H2,1-4H3. The van der Waals surface area contributed by atoms with Gasteiger partial charge in [0.1, 0.15) is 6.10 Å². The van der Waals surface area contributed by atoms with Crippen molar-refractivity contribution in [2.45, 2.75) is 46.4 Å². The lowest BCUT2D eigenvalue weighted by atomic mass is 10.1. The van der Waals surface area contributed by atoms with Crippen LogP contribution in [0.5, 0.6) is 11.5 Å². The quantitative estimate of drug-likeness (QED) is 0.638. The van der Waals surface area contributed by atoms with Gasteiger partial charge in [0.25, 0.3) is 5.91 Å². The van der Waals surface area contributed by atoms with E-state index in [0.717, 1.165) is 42.3 Å². The lowest BCUT2D eigenvalue weighted by Gasteiger charge is -2.35. The Morgan fingerprint density at radius 3 is 2.73 bits per heavy atom. The Hall–Kier alpha value is -2.58. The first-order chi connectivity index (χ1) is 15.9. The average molecular weight is 457 g/mol. The molecule has 0 bridgehead atoms. The largest absolute Gasteiger partial charge is 0.490 e. The topological polar surface area (TPSA) is 69.1 Å². The third-order valence-corrected chi connectivity index (χ3v) is 6.02. The molecule has 4 rings (SSSR count). The number of carbonyl (C=O) groups excluding carboxylic acids is 1. The van der Waals surface area contributed by atoms with Gasteiger partial charge in [-0.2, -0.15) is 5.10 Å². The molecule has 0 aliphatic carbocycles. The molecule has 0 saturated carbocycles. The number of rotatable bonds is 7. The summed E-state index contributed by atoms with van der Waals surface area (Å²) in [4.78, 5) is 17.8. The van der Waals surface area contributed by atoms with Crippen LogP contribution in [0.15, 0.2) is 24.4 Å². The lowest BCUT2D eigenvalue weighted by molar-refractivity contribution is -0.151. The van der Waals surface area contributed by atoms with Crippen molar-refractivity contribution in [3.63, 3.8) is 0 Å². The van der Waals surface area contributed by atoms with Crippen LogP contribution in [0.3, 0.4) is 0 Å². The molecule has 2 aromatic rings. The third kappa shape index (κ3) is 6.06. The Balaban J connectivity index is 1.44. The summed E-state index contributed by atoms with van der Waals surface area (Å²) in [5.41, 5.74) is 3.26. The minimum Gasteiger partial charge on any atom is -0.490 e. The molecule has 8 nitrogen and oxygen atoms in total. The molecule has 2 aliphatic heterocycles. The zero-order valence-electron chi connectivity index (χ0n) is 20.2. The van der Waals surface area contributed by atoms with Crippen molar-refractivity contribution in [2.75, 3.05) is 39.5 Å². The van der Waals surface area contributed by atoms with Gasteiger partial charge in [0.2, 0.25) is 0 Å². The van der Waals surface area contributed by atoms with Crippen LogP contribution in [0.4, 0.5) is 0 Å². The normalized spacial score (nSPS) is 18.9. The number of benzene rings is 1. The van der Waals surface area contributed by atoms with Gasteiger partial charge in [-0.25, -0.2) is 0 Å². The molecule has 2 aliphatic rings. The van der Waals surface area contributed by atoms with E-state index in [1.54, 1.807) is 0 Å². The SMILES string of the molecule is Cc1nn(C)cc1CN1CCOC(C(=O)N(Cc2ccc3c(c2)OCCCO3)CC(C)C)C1. The summed E-state index contributed by atoms with van der Waals surface area (Å²) in [6, 6.07) is 5.97. The van der Waals surface area contributed by atoms with Gasteiger partial charge in [0, 0.05) is 58.0 Å². The molecule has 1 amide bonds. The summed E-state index contributed by atoms with van der Waals surface area (Å²) in [6.45, 7) is 11.5. The Kier molecular flexibility index (Phi) is 7.55. The molecule has 0 spiro atoms. The van der Waals surface area contributed by atoms with E-state index >= 15 is 0 Å². The van der Waals surface area contributed by atoms with Crippen LogP contribution in [0.2, 0.25) is 0 Å². The lowest BCUT2D eigenvalue weighted by Crippen LogP contribution is -2.51. The van der Waals surface area contributed by atoms with Gasteiger partial charge in [-0.3, -0.25) is 14.4 Å². The highest BCUT2D eigenvalue weighted by Crippen LogP contribution is 2.31. The molecular weight excluding hydrogens is 420 g/mol. The van der Waals surface area contributed by atoms with E-state index in [2.05, 4.69) is 30.0 Å². The first-order valence-electron chi connectivity index (χ1n) is 11.9. The maximum atomic E-state index is 13.6. The number of carbonyl (C=O) groups is 1. The van der Waals surface area contributed by atoms with Crippen molar-refractivity contribution in [2.24, 2.45) is 13.0 Å². The summed E-state index contributed by atoms with van der Waals surface area (Å²) >= 11 is 0. The Morgan fingerprint density at radius 2 is 2.00 bits per heavy atom. The van der Waals surface area contributed by atoms with Gasteiger partial charge in [-0.1, -0.05) is 19.9 Å². The minimum atomic E-state index is -0.463. The van der Waals surface area contributed by atoms with E-state index in [4.69, 9.17) is 14.2 Å². The van der Waals surface area contributed by atoms with E-state index in [-0.39, 0.29) is 5.91 Å². The molecule has 1 saturated heterocycles. The predicted octanol–water partition coefficient (Wildman–Crippen LogP) is 2.78. The second-order valence-electron chi connectivity index (χ2n) is 9.45. The van der Waals surface area contributed by atoms with Crippen molar-refractivity contribution < 1.29 is 19.0 Å². The summed E-state index contributed by atoms with van der Waals surface area (Å²) in [7, 11) is 1.94. The van der Waals surface area contributed by atoms with E-state index in [1.807, 2.05) is 41.8 Å². The fourth-order valence-electron chi connectivity index (χ4n) is 4.44. The van der Waals surface area contributed by atoms with Crippen LogP contribution in [-0.2, 0) is 29.7 Å². The Morgan fingerprint density at radius 1 is 1.21 bits per heavy atom. The number of aryl methyl sites for hydroxylation is 2. The summed E-state index contributed by atoms with van der Waals surface area (Å²) in [5, 5.41) is 4.44. The molecule has 1 aromatic heterocycles. The number of aromatic nitrogens is 2. The molecule has 0 N–H and O–H groups in total. The van der Waals surface area contributed by atoms with Crippen molar-refractivity contribution >= 4 is 5.91 Å². The predicted molar refractivity (Wildman–Crippen MR) is 125 cm³/mol. The number of nitrogens with zero attached hydrogens (tertiary/aromatic N) is 4. The van der Waals surface area contributed by atoms with E-state index < -0.39 is 6.10 Å². The molecule has 180 valence electrons. The Labute approximate surface area is 196 Å². The van der Waals surface area contributed by atoms with Gasteiger partial charge < -0.3 is 19.1 Å². The fraction of sp³-hybridized carbons (Fsp3) is 0.600. The minimum absolute atomic E-state index is 0.0448. The first-order valence-corrected chi connectivity index (χ1v) is 11.9. The van der Waals surface area contributed by atoms with Gasteiger partial charge in [0.15, 0.2) is 11.5 Å². The van der Waals surface area contributed by atoms with Gasteiger partial charge in [-0.05, 0) is 30.5 Å². The summed E-state index contributed by atoms with van der Waals surface area (Å²) < 4.78 is 19.4. The van der Waals surface area contributed by atoms with Crippen molar-refractivity contribution in [1.29, 1.82) is 0 Å². The molecule has 0 radical (unpaired) electrons. The molecule has 1 unspecified atom stereocenters. The molecule has 1 atom stereocenters. The molecule has 33 heavy (non-hydrogen) atoms. The number of fused-ring (bicyclic) bond motifs is 1. The maximum Gasteiger partial charge on any atom is 0.253 e. The summed E-state index contributed by atoms with van der Waals surface area (Å²) in [6.07, 6.45) is 2.46. The molecule has 1 fully saturated rings. The van der Waals surface area contributed by atoms with Gasteiger partial charge in [-0.15, -0.1) is 0 Å². The molecule has 1 aromatic carbocycles. The van der Waals surface area contributed by atoms with Crippen LogP contribution in [0, 0.1) is 12.8 Å². The Bertz CT molecular complexity index is 958. The number of morpholine rings is 1. The number of ether oxygens (including phenoxy) is 3. The number of hydrogen-bond acceptors (Lipinski definition) is 6. The highest BCUT2D eigenvalue weighted by Gasteiger charge is 2.31. The van der Waals surface area contributed by atoms with E-state index in [0.29, 0.717) is 45.4 Å². The van der Waals surface area contributed by atoms with E-state index in [9.17, 15) is 4.79 Å². The second-order valence-corrected chi connectivity index (χ2v) is 9.45. The summed E-state index contributed by atoms with van der Waals surface area (Å²) in [5.74, 6) is 1.93. The maximum absolute atomic E-state index is 13.6. The number of hydrogen-bond donors (Lipinski definition) is 0.